The van der Waals surface area contributed by atoms with E-state index in [9.17, 15) is 18.8 Å². The number of aromatic nitrogens is 2. The van der Waals surface area contributed by atoms with Crippen molar-refractivity contribution >= 4 is 28.3 Å². The first-order chi connectivity index (χ1) is 14.5. The number of hydrogen-bond acceptors (Lipinski definition) is 5. The van der Waals surface area contributed by atoms with E-state index in [4.69, 9.17) is 0 Å². The van der Waals surface area contributed by atoms with Gasteiger partial charge in [0.25, 0.3) is 5.56 Å². The molecule has 0 spiro atoms. The molecule has 1 aliphatic heterocycles. The molecule has 3 aromatic rings. The number of amides is 2. The molecular weight excluding hydrogens is 389 g/mol. The fourth-order valence-corrected chi connectivity index (χ4v) is 3.51. The second kappa shape index (κ2) is 8.32. The monoisotopic (exact) mass is 409 g/mol. The molecule has 1 fully saturated rings. The molecule has 2 aromatic carbocycles. The second-order valence-electron chi connectivity index (χ2n) is 6.98. The molecule has 4 rings (SSSR count). The Labute approximate surface area is 171 Å². The molecule has 1 saturated heterocycles. The summed E-state index contributed by atoms with van der Waals surface area (Å²) in [5.74, 6) is -1.63. The predicted molar refractivity (Wildman–Crippen MR) is 109 cm³/mol. The van der Waals surface area contributed by atoms with Crippen molar-refractivity contribution in [1.29, 1.82) is 0 Å². The maximum atomic E-state index is 13.1. The van der Waals surface area contributed by atoms with Crippen LogP contribution < -0.4 is 15.8 Å². The Kier molecular flexibility index (Phi) is 5.42. The third-order valence-electron chi connectivity index (χ3n) is 5.14. The van der Waals surface area contributed by atoms with Crippen LogP contribution in [-0.4, -0.2) is 53.1 Å². The third kappa shape index (κ3) is 4.00. The van der Waals surface area contributed by atoms with Gasteiger partial charge < -0.3 is 15.1 Å². The lowest BCUT2D eigenvalue weighted by Crippen LogP contribution is -2.52. The number of anilines is 1. The summed E-state index contributed by atoms with van der Waals surface area (Å²) in [5, 5.41) is 10.1. The number of rotatable bonds is 3. The van der Waals surface area contributed by atoms with Crippen LogP contribution in [0.15, 0.2) is 53.3 Å². The van der Waals surface area contributed by atoms with Gasteiger partial charge in [-0.1, -0.05) is 18.2 Å². The van der Waals surface area contributed by atoms with Crippen LogP contribution in [-0.2, 0) is 16.1 Å². The molecule has 0 bridgehead atoms. The SMILES string of the molecule is O=C(NCc1n[nH]c(=O)c2ccccc12)C(=O)N1CCN(c2ccc(F)cc2)CC1. The van der Waals surface area contributed by atoms with Crippen molar-refractivity contribution in [3.05, 3.63) is 70.4 Å². The molecule has 8 nitrogen and oxygen atoms in total. The minimum atomic E-state index is -0.720. The summed E-state index contributed by atoms with van der Waals surface area (Å²) in [4.78, 5) is 40.2. The Hall–Kier alpha value is -3.75. The van der Waals surface area contributed by atoms with Crippen molar-refractivity contribution in [2.45, 2.75) is 6.54 Å². The Balaban J connectivity index is 1.35. The molecule has 0 unspecified atom stereocenters. The van der Waals surface area contributed by atoms with E-state index in [1.165, 1.54) is 17.0 Å². The molecule has 2 N–H and O–H groups in total. The summed E-state index contributed by atoms with van der Waals surface area (Å²) < 4.78 is 13.1. The van der Waals surface area contributed by atoms with Gasteiger partial charge in [-0.3, -0.25) is 14.4 Å². The van der Waals surface area contributed by atoms with Crippen molar-refractivity contribution in [1.82, 2.24) is 20.4 Å². The molecule has 1 aliphatic rings. The molecule has 1 aromatic heterocycles. The van der Waals surface area contributed by atoms with Gasteiger partial charge in [-0.15, -0.1) is 0 Å². The molecular formula is C21H20FN5O3. The zero-order valence-corrected chi connectivity index (χ0v) is 16.1. The van der Waals surface area contributed by atoms with Gasteiger partial charge in [-0.05, 0) is 30.3 Å². The van der Waals surface area contributed by atoms with Crippen molar-refractivity contribution < 1.29 is 14.0 Å². The lowest BCUT2D eigenvalue weighted by atomic mass is 10.1. The number of carbonyl (C=O) groups excluding carboxylic acids is 2. The number of carbonyl (C=O) groups is 2. The fourth-order valence-electron chi connectivity index (χ4n) is 3.51. The summed E-state index contributed by atoms with van der Waals surface area (Å²) in [6, 6.07) is 13.1. The highest BCUT2D eigenvalue weighted by molar-refractivity contribution is 6.35. The Morgan fingerprint density at radius 2 is 1.67 bits per heavy atom. The standard InChI is InChI=1S/C21H20FN5O3/c22-14-5-7-15(8-6-14)26-9-11-27(12-10-26)21(30)20(29)23-13-18-16-3-1-2-4-17(16)19(28)25-24-18/h1-8H,9-13H2,(H,23,29)(H,25,28). The van der Waals surface area contributed by atoms with Crippen LogP contribution in [0.3, 0.4) is 0 Å². The first kappa shape index (κ1) is 19.6. The van der Waals surface area contributed by atoms with E-state index in [-0.39, 0.29) is 17.9 Å². The van der Waals surface area contributed by atoms with Crippen molar-refractivity contribution in [3.63, 3.8) is 0 Å². The zero-order chi connectivity index (χ0) is 21.1. The number of halogens is 1. The summed E-state index contributed by atoms with van der Waals surface area (Å²) in [7, 11) is 0. The molecule has 30 heavy (non-hydrogen) atoms. The normalized spacial score (nSPS) is 14.0. The summed E-state index contributed by atoms with van der Waals surface area (Å²) >= 11 is 0. The lowest BCUT2D eigenvalue weighted by Gasteiger charge is -2.35. The minimum absolute atomic E-state index is 0.0252. The van der Waals surface area contributed by atoms with Crippen LogP contribution in [0.25, 0.3) is 10.8 Å². The number of piperazine rings is 1. The smallest absolute Gasteiger partial charge is 0.312 e. The topological polar surface area (TPSA) is 98.4 Å². The minimum Gasteiger partial charge on any atom is -0.368 e. The molecule has 0 saturated carbocycles. The van der Waals surface area contributed by atoms with Crippen LogP contribution in [0.5, 0.6) is 0 Å². The average Bonchev–Trinajstić information content (AvgIpc) is 2.79. The first-order valence-corrected chi connectivity index (χ1v) is 9.57. The fraction of sp³-hybridized carbons (Fsp3) is 0.238. The highest BCUT2D eigenvalue weighted by atomic mass is 19.1. The van der Waals surface area contributed by atoms with Gasteiger partial charge in [0.2, 0.25) is 0 Å². The van der Waals surface area contributed by atoms with Gasteiger partial charge >= 0.3 is 11.8 Å². The molecule has 2 heterocycles. The number of nitrogens with one attached hydrogen (secondary N) is 2. The van der Waals surface area contributed by atoms with E-state index in [1.807, 2.05) is 4.90 Å². The number of benzene rings is 2. The van der Waals surface area contributed by atoms with Crippen molar-refractivity contribution in [2.75, 3.05) is 31.1 Å². The highest BCUT2D eigenvalue weighted by Gasteiger charge is 2.26. The maximum Gasteiger partial charge on any atom is 0.312 e. The van der Waals surface area contributed by atoms with E-state index >= 15 is 0 Å². The Morgan fingerprint density at radius 3 is 2.37 bits per heavy atom. The predicted octanol–water partition coefficient (Wildman–Crippen LogP) is 1.03. The van der Waals surface area contributed by atoms with E-state index in [0.717, 1.165) is 5.69 Å². The molecule has 0 aliphatic carbocycles. The largest absolute Gasteiger partial charge is 0.368 e. The number of fused-ring (bicyclic) bond motifs is 1. The van der Waals surface area contributed by atoms with Crippen LogP contribution >= 0.6 is 0 Å². The van der Waals surface area contributed by atoms with E-state index < -0.39 is 11.8 Å². The molecule has 2 amide bonds. The highest BCUT2D eigenvalue weighted by Crippen LogP contribution is 2.17. The second-order valence-corrected chi connectivity index (χ2v) is 6.98. The number of nitrogens with zero attached hydrogens (tertiary/aromatic N) is 3. The van der Waals surface area contributed by atoms with Gasteiger partial charge in [-0.2, -0.15) is 5.10 Å². The van der Waals surface area contributed by atoms with Crippen LogP contribution in [0, 0.1) is 5.82 Å². The number of hydrogen-bond donors (Lipinski definition) is 2. The first-order valence-electron chi connectivity index (χ1n) is 9.57. The van der Waals surface area contributed by atoms with Gasteiger partial charge in [0.05, 0.1) is 17.6 Å². The molecule has 0 radical (unpaired) electrons. The van der Waals surface area contributed by atoms with E-state index in [0.29, 0.717) is 42.6 Å². The number of aromatic amines is 1. The van der Waals surface area contributed by atoms with Crippen molar-refractivity contribution in [3.8, 4) is 0 Å². The zero-order valence-electron chi connectivity index (χ0n) is 16.1. The van der Waals surface area contributed by atoms with Gasteiger partial charge in [0.1, 0.15) is 5.82 Å². The van der Waals surface area contributed by atoms with Crippen molar-refractivity contribution in [2.24, 2.45) is 0 Å². The third-order valence-corrected chi connectivity index (χ3v) is 5.14. The van der Waals surface area contributed by atoms with Gasteiger partial charge in [0.15, 0.2) is 0 Å². The summed E-state index contributed by atoms with van der Waals surface area (Å²) in [6.07, 6.45) is 0. The maximum absolute atomic E-state index is 13.1. The Morgan fingerprint density at radius 1 is 1.00 bits per heavy atom. The van der Waals surface area contributed by atoms with E-state index in [2.05, 4.69) is 15.5 Å². The van der Waals surface area contributed by atoms with Gasteiger partial charge in [-0.25, -0.2) is 9.49 Å². The number of H-pyrrole nitrogens is 1. The van der Waals surface area contributed by atoms with Gasteiger partial charge in [0, 0.05) is 37.3 Å². The molecule has 154 valence electrons. The average molecular weight is 409 g/mol. The molecule has 0 atom stereocenters. The van der Waals surface area contributed by atoms with E-state index in [1.54, 1.807) is 36.4 Å². The molecule has 9 heteroatoms. The summed E-state index contributed by atoms with van der Waals surface area (Å²) in [5.41, 5.74) is 1.05. The quantitative estimate of drug-likeness (QED) is 0.630. The van der Waals surface area contributed by atoms with Crippen LogP contribution in [0.4, 0.5) is 10.1 Å². The van der Waals surface area contributed by atoms with Crippen LogP contribution in [0.1, 0.15) is 5.69 Å². The lowest BCUT2D eigenvalue weighted by molar-refractivity contribution is -0.146. The Bertz CT molecular complexity index is 1140. The van der Waals surface area contributed by atoms with Crippen LogP contribution in [0.2, 0.25) is 0 Å². The summed E-state index contributed by atoms with van der Waals surface area (Å²) in [6.45, 7) is 1.91.